The third kappa shape index (κ3) is 4.40. The largest absolute Gasteiger partial charge is 0.385 e. The van der Waals surface area contributed by atoms with E-state index in [2.05, 4.69) is 0 Å². The molecule has 0 heterocycles. The topological polar surface area (TPSA) is 52.3 Å². The van der Waals surface area contributed by atoms with Gasteiger partial charge < -0.3 is 10.5 Å². The van der Waals surface area contributed by atoms with Gasteiger partial charge in [0.2, 0.25) is 0 Å². The lowest BCUT2D eigenvalue weighted by Gasteiger charge is -2.36. The molecule has 0 aromatic carbocycles. The van der Waals surface area contributed by atoms with Crippen LogP contribution in [0.4, 0.5) is 0 Å². The summed E-state index contributed by atoms with van der Waals surface area (Å²) in [6.07, 6.45) is 7.53. The molecule has 17 heavy (non-hydrogen) atoms. The minimum atomic E-state index is 0.108. The van der Waals surface area contributed by atoms with Crippen molar-refractivity contribution in [2.75, 3.05) is 20.3 Å². The van der Waals surface area contributed by atoms with Gasteiger partial charge in [0.05, 0.1) is 0 Å². The molecule has 2 N–H and O–H groups in total. The lowest BCUT2D eigenvalue weighted by atomic mass is 9.70. The van der Waals surface area contributed by atoms with E-state index in [0.717, 1.165) is 19.3 Å². The van der Waals surface area contributed by atoms with Crippen molar-refractivity contribution < 1.29 is 9.53 Å². The Kier molecular flexibility index (Phi) is 6.14. The fourth-order valence-electron chi connectivity index (χ4n) is 2.75. The number of ether oxygens (including phenoxy) is 1. The monoisotopic (exact) mass is 241 g/mol. The second-order valence-electron chi connectivity index (χ2n) is 5.59. The van der Waals surface area contributed by atoms with Crippen LogP contribution >= 0.6 is 0 Å². The van der Waals surface area contributed by atoms with Crippen molar-refractivity contribution in [3.63, 3.8) is 0 Å². The van der Waals surface area contributed by atoms with Crippen molar-refractivity contribution in [2.24, 2.45) is 17.1 Å². The van der Waals surface area contributed by atoms with E-state index in [-0.39, 0.29) is 11.3 Å². The molecule has 0 aromatic heterocycles. The maximum absolute atomic E-state index is 12.2. The Labute approximate surface area is 105 Å². The van der Waals surface area contributed by atoms with E-state index in [1.54, 1.807) is 7.11 Å². The molecule has 1 atom stereocenters. The lowest BCUT2D eigenvalue weighted by Crippen LogP contribution is -2.36. The van der Waals surface area contributed by atoms with Gasteiger partial charge in [-0.2, -0.15) is 0 Å². The molecule has 3 heteroatoms. The fourth-order valence-corrected chi connectivity index (χ4v) is 2.75. The van der Waals surface area contributed by atoms with Gasteiger partial charge in [-0.25, -0.2) is 0 Å². The number of hydrogen-bond donors (Lipinski definition) is 1. The quantitative estimate of drug-likeness (QED) is 0.745. The zero-order chi connectivity index (χ0) is 12.7. The van der Waals surface area contributed by atoms with Crippen LogP contribution in [-0.4, -0.2) is 26.0 Å². The van der Waals surface area contributed by atoms with Crippen LogP contribution in [0.3, 0.4) is 0 Å². The molecule has 1 fully saturated rings. The summed E-state index contributed by atoms with van der Waals surface area (Å²) in [7, 11) is 1.68. The number of rotatable bonds is 7. The Bertz CT molecular complexity index is 234. The van der Waals surface area contributed by atoms with Gasteiger partial charge in [-0.15, -0.1) is 0 Å². The number of Topliss-reactive ketones (excluding diaryl/α,β-unsaturated/α-hetero) is 1. The first-order valence-corrected chi connectivity index (χ1v) is 6.85. The van der Waals surface area contributed by atoms with E-state index in [9.17, 15) is 4.79 Å². The van der Waals surface area contributed by atoms with Crippen LogP contribution in [0.5, 0.6) is 0 Å². The lowest BCUT2D eigenvalue weighted by molar-refractivity contribution is -0.125. The average Bonchev–Trinajstić information content (AvgIpc) is 2.36. The van der Waals surface area contributed by atoms with E-state index in [4.69, 9.17) is 10.5 Å². The fraction of sp³-hybridized carbons (Fsp3) is 0.929. The highest BCUT2D eigenvalue weighted by atomic mass is 16.5. The first-order chi connectivity index (χ1) is 8.13. The molecule has 0 aliphatic heterocycles. The predicted octanol–water partition coefficient (Wildman–Crippen LogP) is 2.53. The summed E-state index contributed by atoms with van der Waals surface area (Å²) in [6, 6.07) is 0. The number of carbonyl (C=O) groups excluding carboxylic acids is 1. The molecule has 0 radical (unpaired) electrons. The molecule has 1 aliphatic rings. The minimum Gasteiger partial charge on any atom is -0.385 e. The van der Waals surface area contributed by atoms with Gasteiger partial charge >= 0.3 is 0 Å². The molecule has 0 bridgehead atoms. The van der Waals surface area contributed by atoms with E-state index in [1.807, 2.05) is 6.92 Å². The van der Waals surface area contributed by atoms with Gasteiger partial charge in [0.25, 0.3) is 0 Å². The molecule has 0 spiro atoms. The second kappa shape index (κ2) is 7.12. The van der Waals surface area contributed by atoms with Crippen LogP contribution in [0, 0.1) is 11.3 Å². The van der Waals surface area contributed by atoms with Crippen molar-refractivity contribution in [3.8, 4) is 0 Å². The molecular formula is C14H27NO2. The summed E-state index contributed by atoms with van der Waals surface area (Å²) in [5.41, 5.74) is 6.02. The predicted molar refractivity (Wildman–Crippen MR) is 69.9 cm³/mol. The van der Waals surface area contributed by atoms with E-state index >= 15 is 0 Å². The highest BCUT2D eigenvalue weighted by molar-refractivity contribution is 5.81. The summed E-state index contributed by atoms with van der Waals surface area (Å²) in [5, 5.41) is 0. The molecule has 0 saturated heterocycles. The number of ketones is 1. The van der Waals surface area contributed by atoms with Crippen LogP contribution in [0.2, 0.25) is 0 Å². The first-order valence-electron chi connectivity index (χ1n) is 6.85. The maximum Gasteiger partial charge on any atom is 0.136 e. The number of hydrogen-bond acceptors (Lipinski definition) is 3. The summed E-state index contributed by atoms with van der Waals surface area (Å²) >= 11 is 0. The third-order valence-electron chi connectivity index (χ3n) is 4.20. The smallest absolute Gasteiger partial charge is 0.136 e. The van der Waals surface area contributed by atoms with E-state index in [1.165, 1.54) is 19.3 Å². The first kappa shape index (κ1) is 14.7. The van der Waals surface area contributed by atoms with Crippen molar-refractivity contribution in [1.82, 2.24) is 0 Å². The number of methoxy groups -OCH3 is 1. The van der Waals surface area contributed by atoms with Crippen LogP contribution in [0.15, 0.2) is 0 Å². The van der Waals surface area contributed by atoms with Crippen LogP contribution in [-0.2, 0) is 9.53 Å². The average molecular weight is 241 g/mol. The van der Waals surface area contributed by atoms with Crippen molar-refractivity contribution in [1.29, 1.82) is 0 Å². The molecular weight excluding hydrogens is 214 g/mol. The summed E-state index contributed by atoms with van der Waals surface area (Å²) in [6.45, 7) is 3.34. The van der Waals surface area contributed by atoms with Crippen molar-refractivity contribution >= 4 is 5.78 Å². The van der Waals surface area contributed by atoms with Crippen molar-refractivity contribution in [3.05, 3.63) is 0 Å². The van der Waals surface area contributed by atoms with Crippen LogP contribution in [0.25, 0.3) is 0 Å². The van der Waals surface area contributed by atoms with Gasteiger partial charge in [0, 0.05) is 26.1 Å². The number of carbonyl (C=O) groups is 1. The maximum atomic E-state index is 12.2. The highest BCUT2D eigenvalue weighted by Crippen LogP contribution is 2.39. The molecule has 1 aliphatic carbocycles. The zero-order valence-corrected chi connectivity index (χ0v) is 11.3. The Morgan fingerprint density at radius 1 is 1.35 bits per heavy atom. The highest BCUT2D eigenvalue weighted by Gasteiger charge is 2.33. The number of nitrogens with two attached hydrogens (primary N) is 1. The third-order valence-corrected chi connectivity index (χ3v) is 4.20. The van der Waals surface area contributed by atoms with Gasteiger partial charge in [0.1, 0.15) is 5.78 Å². The Balaban J connectivity index is 2.46. The Hall–Kier alpha value is -0.410. The molecule has 0 aromatic rings. The van der Waals surface area contributed by atoms with E-state index in [0.29, 0.717) is 25.4 Å². The van der Waals surface area contributed by atoms with Gasteiger partial charge in [-0.05, 0) is 31.2 Å². The standard InChI is InChI=1S/C14H27NO2/c1-12(6-9-17-2)13(16)10-14(11-15)7-4-3-5-8-14/h12H,3-11,15H2,1-2H3. The Morgan fingerprint density at radius 3 is 2.53 bits per heavy atom. The zero-order valence-electron chi connectivity index (χ0n) is 11.3. The van der Waals surface area contributed by atoms with Crippen LogP contribution < -0.4 is 5.73 Å². The summed E-state index contributed by atoms with van der Waals surface area (Å²) in [4.78, 5) is 12.2. The van der Waals surface area contributed by atoms with Gasteiger partial charge in [-0.1, -0.05) is 26.2 Å². The molecule has 100 valence electrons. The molecule has 1 unspecified atom stereocenters. The Morgan fingerprint density at radius 2 is 2.00 bits per heavy atom. The summed E-state index contributed by atoms with van der Waals surface area (Å²) in [5.74, 6) is 0.481. The molecule has 0 amide bonds. The molecule has 3 nitrogen and oxygen atoms in total. The summed E-state index contributed by atoms with van der Waals surface area (Å²) < 4.78 is 5.03. The van der Waals surface area contributed by atoms with Gasteiger partial charge in [0.15, 0.2) is 0 Å². The van der Waals surface area contributed by atoms with Crippen molar-refractivity contribution in [2.45, 2.75) is 51.9 Å². The van der Waals surface area contributed by atoms with E-state index < -0.39 is 0 Å². The normalized spacial score (nSPS) is 21.1. The minimum absolute atomic E-state index is 0.108. The second-order valence-corrected chi connectivity index (χ2v) is 5.59. The SMILES string of the molecule is COCCC(C)C(=O)CC1(CN)CCCCC1. The molecule has 1 rings (SSSR count). The van der Waals surface area contributed by atoms with Crippen LogP contribution in [0.1, 0.15) is 51.9 Å². The molecule has 1 saturated carbocycles. The van der Waals surface area contributed by atoms with Gasteiger partial charge in [-0.3, -0.25) is 4.79 Å².